The van der Waals surface area contributed by atoms with E-state index in [1.54, 1.807) is 19.5 Å². The average molecular weight is 416 g/mol. The Kier molecular flexibility index (Phi) is 5.40. The minimum absolute atomic E-state index is 0.0483. The number of hydrogen-bond donors (Lipinski definition) is 0. The van der Waals surface area contributed by atoms with Crippen LogP contribution < -0.4 is 9.64 Å². The number of carbonyl (C=O) groups excluding carboxylic acids is 1. The van der Waals surface area contributed by atoms with Gasteiger partial charge in [0.2, 0.25) is 5.88 Å². The minimum Gasteiger partial charge on any atom is -0.480 e. The number of ether oxygens (including phenoxy) is 1. The van der Waals surface area contributed by atoms with Crippen LogP contribution in [-0.2, 0) is 0 Å². The van der Waals surface area contributed by atoms with Crippen LogP contribution >= 0.6 is 22.9 Å². The Bertz CT molecular complexity index is 970. The third kappa shape index (κ3) is 3.93. The van der Waals surface area contributed by atoms with Gasteiger partial charge in [0.25, 0.3) is 5.91 Å². The molecule has 0 radical (unpaired) electrons. The summed E-state index contributed by atoms with van der Waals surface area (Å²) in [5, 5.41) is 3.30. The van der Waals surface area contributed by atoms with Crippen molar-refractivity contribution < 1.29 is 9.53 Å². The van der Waals surface area contributed by atoms with Crippen LogP contribution in [0.4, 0.5) is 5.82 Å². The molecule has 2 aromatic heterocycles. The molecule has 1 saturated heterocycles. The molecular weight excluding hydrogens is 398 g/mol. The number of thiazole rings is 1. The summed E-state index contributed by atoms with van der Waals surface area (Å²) in [4.78, 5) is 29.8. The fourth-order valence-corrected chi connectivity index (χ4v) is 3.91. The van der Waals surface area contributed by atoms with Crippen LogP contribution in [0.2, 0.25) is 5.02 Å². The van der Waals surface area contributed by atoms with Crippen LogP contribution in [0.3, 0.4) is 0 Å². The molecule has 0 spiro atoms. The molecular formula is C19H18ClN5O2S. The largest absolute Gasteiger partial charge is 0.480 e. The molecule has 0 N–H and O–H groups in total. The number of amides is 1. The highest BCUT2D eigenvalue weighted by Gasteiger charge is 2.25. The molecule has 0 bridgehead atoms. The van der Waals surface area contributed by atoms with Gasteiger partial charge >= 0.3 is 0 Å². The van der Waals surface area contributed by atoms with Crippen LogP contribution in [0.5, 0.6) is 5.88 Å². The normalized spacial score (nSPS) is 14.2. The number of aromatic nitrogens is 3. The van der Waals surface area contributed by atoms with Gasteiger partial charge in [0.05, 0.1) is 19.5 Å². The second kappa shape index (κ2) is 8.12. The van der Waals surface area contributed by atoms with Gasteiger partial charge in [0.1, 0.15) is 10.7 Å². The van der Waals surface area contributed by atoms with Crippen LogP contribution in [-0.4, -0.2) is 59.0 Å². The van der Waals surface area contributed by atoms with Crippen molar-refractivity contribution in [3.63, 3.8) is 0 Å². The maximum Gasteiger partial charge on any atom is 0.273 e. The van der Waals surface area contributed by atoms with E-state index in [0.717, 1.165) is 16.4 Å². The highest BCUT2D eigenvalue weighted by molar-refractivity contribution is 7.13. The zero-order chi connectivity index (χ0) is 19.5. The lowest BCUT2D eigenvalue weighted by molar-refractivity contribution is 0.0741. The fraction of sp³-hybridized carbons (Fsp3) is 0.263. The number of benzene rings is 1. The van der Waals surface area contributed by atoms with Gasteiger partial charge in [-0.05, 0) is 12.1 Å². The summed E-state index contributed by atoms with van der Waals surface area (Å²) in [6.07, 6.45) is 3.28. The first-order valence-corrected chi connectivity index (χ1v) is 10.0. The number of hydrogen-bond acceptors (Lipinski definition) is 7. The molecule has 1 fully saturated rings. The standard InChI is InChI=1S/C19H18ClN5O2S/c1-27-17-11-21-10-16(23-17)24-6-8-25(9-7-24)19(26)15-12-28-18(22-15)13-2-4-14(20)5-3-13/h2-5,10-12H,6-9H2,1H3. The van der Waals surface area contributed by atoms with Gasteiger partial charge in [-0.25, -0.2) is 4.98 Å². The molecule has 0 atom stereocenters. The van der Waals surface area contributed by atoms with E-state index in [1.165, 1.54) is 11.3 Å². The van der Waals surface area contributed by atoms with E-state index in [-0.39, 0.29) is 5.91 Å². The van der Waals surface area contributed by atoms with E-state index >= 15 is 0 Å². The quantitative estimate of drug-likeness (QED) is 0.651. The number of anilines is 1. The van der Waals surface area contributed by atoms with Gasteiger partial charge in [-0.1, -0.05) is 23.7 Å². The third-order valence-electron chi connectivity index (χ3n) is 4.51. The van der Waals surface area contributed by atoms with E-state index < -0.39 is 0 Å². The summed E-state index contributed by atoms with van der Waals surface area (Å²) in [6.45, 7) is 2.57. The van der Waals surface area contributed by atoms with Gasteiger partial charge in [-0.3, -0.25) is 9.78 Å². The molecule has 4 rings (SSSR count). The van der Waals surface area contributed by atoms with Crippen molar-refractivity contribution in [2.45, 2.75) is 0 Å². The summed E-state index contributed by atoms with van der Waals surface area (Å²) in [5.41, 5.74) is 1.43. The molecule has 9 heteroatoms. The number of rotatable bonds is 4. The van der Waals surface area contributed by atoms with Crippen molar-refractivity contribution in [1.29, 1.82) is 0 Å². The first-order valence-electron chi connectivity index (χ1n) is 8.76. The van der Waals surface area contributed by atoms with Crippen LogP contribution in [0.15, 0.2) is 42.0 Å². The van der Waals surface area contributed by atoms with Crippen molar-refractivity contribution >= 4 is 34.7 Å². The zero-order valence-corrected chi connectivity index (χ0v) is 16.8. The lowest BCUT2D eigenvalue weighted by atomic mass is 10.2. The summed E-state index contributed by atoms with van der Waals surface area (Å²) in [7, 11) is 1.57. The molecule has 0 aliphatic carbocycles. The predicted molar refractivity (Wildman–Crippen MR) is 109 cm³/mol. The van der Waals surface area contributed by atoms with Crippen molar-refractivity contribution in [3.05, 3.63) is 52.8 Å². The first kappa shape index (κ1) is 18.6. The molecule has 0 unspecified atom stereocenters. The highest BCUT2D eigenvalue weighted by atomic mass is 35.5. The van der Waals surface area contributed by atoms with E-state index in [0.29, 0.717) is 42.8 Å². The summed E-state index contributed by atoms with van der Waals surface area (Å²) >= 11 is 7.39. The van der Waals surface area contributed by atoms with Crippen LogP contribution in [0, 0.1) is 0 Å². The Hall–Kier alpha value is -2.71. The Morgan fingerprint density at radius 2 is 1.86 bits per heavy atom. The molecule has 3 heterocycles. The highest BCUT2D eigenvalue weighted by Crippen LogP contribution is 2.26. The molecule has 1 aliphatic rings. The molecule has 1 amide bonds. The Morgan fingerprint density at radius 3 is 2.57 bits per heavy atom. The van der Waals surface area contributed by atoms with Crippen LogP contribution in [0.25, 0.3) is 10.6 Å². The summed E-state index contributed by atoms with van der Waals surface area (Å²) < 4.78 is 5.13. The minimum atomic E-state index is -0.0483. The van der Waals surface area contributed by atoms with Gasteiger partial charge in [0, 0.05) is 42.1 Å². The van der Waals surface area contributed by atoms with E-state index in [9.17, 15) is 4.79 Å². The summed E-state index contributed by atoms with van der Waals surface area (Å²) in [6, 6.07) is 7.45. The van der Waals surface area contributed by atoms with Crippen molar-refractivity contribution in [2.75, 3.05) is 38.2 Å². The van der Waals surface area contributed by atoms with Crippen molar-refractivity contribution in [3.8, 4) is 16.5 Å². The Balaban J connectivity index is 1.41. The topological polar surface area (TPSA) is 71.5 Å². The molecule has 3 aromatic rings. The average Bonchev–Trinajstić information content (AvgIpc) is 3.24. The van der Waals surface area contributed by atoms with E-state index in [4.69, 9.17) is 16.3 Å². The Labute approximate surface area is 171 Å². The predicted octanol–water partition coefficient (Wildman–Crippen LogP) is 3.22. The third-order valence-corrected chi connectivity index (χ3v) is 5.66. The number of carbonyl (C=O) groups is 1. The molecule has 1 aliphatic heterocycles. The zero-order valence-electron chi connectivity index (χ0n) is 15.2. The number of halogens is 1. The molecule has 1 aromatic carbocycles. The Morgan fingerprint density at radius 1 is 1.11 bits per heavy atom. The second-order valence-electron chi connectivity index (χ2n) is 6.24. The van der Waals surface area contributed by atoms with E-state index in [2.05, 4.69) is 19.9 Å². The lowest BCUT2D eigenvalue weighted by Crippen LogP contribution is -2.49. The van der Waals surface area contributed by atoms with Gasteiger partial charge in [-0.15, -0.1) is 11.3 Å². The fourth-order valence-electron chi connectivity index (χ4n) is 2.99. The van der Waals surface area contributed by atoms with Gasteiger partial charge in [0.15, 0.2) is 5.82 Å². The maximum absolute atomic E-state index is 12.8. The van der Waals surface area contributed by atoms with E-state index in [1.807, 2.05) is 34.5 Å². The molecule has 28 heavy (non-hydrogen) atoms. The van der Waals surface area contributed by atoms with Gasteiger partial charge < -0.3 is 14.5 Å². The lowest BCUT2D eigenvalue weighted by Gasteiger charge is -2.34. The number of methoxy groups -OCH3 is 1. The number of piperazine rings is 1. The van der Waals surface area contributed by atoms with Crippen molar-refractivity contribution in [2.24, 2.45) is 0 Å². The molecule has 7 nitrogen and oxygen atoms in total. The molecule has 0 saturated carbocycles. The smallest absolute Gasteiger partial charge is 0.273 e. The SMILES string of the molecule is COc1cncc(N2CCN(C(=O)c3csc(-c4ccc(Cl)cc4)n3)CC2)n1. The summed E-state index contributed by atoms with van der Waals surface area (Å²) in [5.74, 6) is 1.19. The number of nitrogens with zero attached hydrogens (tertiary/aromatic N) is 5. The van der Waals surface area contributed by atoms with Crippen molar-refractivity contribution in [1.82, 2.24) is 19.9 Å². The second-order valence-corrected chi connectivity index (χ2v) is 7.54. The van der Waals surface area contributed by atoms with Gasteiger partial charge in [-0.2, -0.15) is 4.98 Å². The first-order chi connectivity index (χ1) is 13.6. The monoisotopic (exact) mass is 415 g/mol. The maximum atomic E-state index is 12.8. The van der Waals surface area contributed by atoms with Crippen LogP contribution in [0.1, 0.15) is 10.5 Å². The molecule has 144 valence electrons.